The van der Waals surface area contributed by atoms with Crippen molar-refractivity contribution in [1.82, 2.24) is 0 Å². The number of rotatable bonds is 5. The molecule has 1 aliphatic heterocycles. The molecule has 2 aromatic rings. The van der Waals surface area contributed by atoms with Crippen LogP contribution in [0.3, 0.4) is 0 Å². The molecule has 2 aromatic carbocycles. The van der Waals surface area contributed by atoms with E-state index in [2.05, 4.69) is 26.6 Å². The summed E-state index contributed by atoms with van der Waals surface area (Å²) in [5.41, 5.74) is 1.64. The van der Waals surface area contributed by atoms with Crippen LogP contribution in [0, 0.1) is 5.92 Å². The molecule has 6 heteroatoms. The van der Waals surface area contributed by atoms with Gasteiger partial charge in [-0.05, 0) is 36.4 Å². The fourth-order valence-electron chi connectivity index (χ4n) is 3.20. The van der Waals surface area contributed by atoms with Crippen LogP contribution in [0.2, 0.25) is 0 Å². The highest BCUT2D eigenvalue weighted by Gasteiger charge is 2.28. The first kappa shape index (κ1) is 18.6. The van der Waals surface area contributed by atoms with Gasteiger partial charge in [0.15, 0.2) is 6.54 Å². The van der Waals surface area contributed by atoms with Gasteiger partial charge in [0.25, 0.3) is 5.91 Å². The van der Waals surface area contributed by atoms with Gasteiger partial charge in [-0.15, -0.1) is 0 Å². The van der Waals surface area contributed by atoms with Gasteiger partial charge in [-0.3, -0.25) is 9.59 Å². The lowest BCUT2D eigenvalue weighted by atomic mass is 9.96. The molecule has 3 rings (SSSR count). The lowest BCUT2D eigenvalue weighted by molar-refractivity contribution is -0.897. The second kappa shape index (κ2) is 8.96. The Bertz CT molecular complexity index is 741. The first-order valence-electron chi connectivity index (χ1n) is 8.85. The molecule has 0 bridgehead atoms. The zero-order chi connectivity index (χ0) is 18.4. The topological polar surface area (TPSA) is 62.6 Å². The highest BCUT2D eigenvalue weighted by atomic mass is 79.9. The first-order valence-corrected chi connectivity index (χ1v) is 9.64. The van der Waals surface area contributed by atoms with Crippen LogP contribution >= 0.6 is 15.9 Å². The van der Waals surface area contributed by atoms with Crippen LogP contribution in [-0.4, -0.2) is 31.4 Å². The number of carbonyl (C=O) groups is 2. The van der Waals surface area contributed by atoms with E-state index in [4.69, 9.17) is 0 Å². The average molecular weight is 417 g/mol. The molecule has 26 heavy (non-hydrogen) atoms. The molecule has 0 radical (unpaired) electrons. The number of nitrogens with one attached hydrogen (secondary N) is 3. The third-order valence-corrected chi connectivity index (χ3v) is 5.17. The zero-order valence-corrected chi connectivity index (χ0v) is 16.1. The van der Waals surface area contributed by atoms with E-state index in [1.165, 1.54) is 4.90 Å². The third-order valence-electron chi connectivity index (χ3n) is 4.64. The number of piperidine rings is 1. The minimum absolute atomic E-state index is 0.00881. The van der Waals surface area contributed by atoms with Crippen LogP contribution in [0.15, 0.2) is 59.1 Å². The summed E-state index contributed by atoms with van der Waals surface area (Å²) < 4.78 is 0.983. The standard InChI is InChI=1S/C20H22BrN3O2/c21-16-6-8-18(9-7-16)22-19(25)14-24-12-10-15(11-13-24)20(26)23-17-4-2-1-3-5-17/h1-9,15H,10-14H2,(H,22,25)(H,23,26)/p+1. The number of anilines is 2. The largest absolute Gasteiger partial charge is 0.327 e. The van der Waals surface area contributed by atoms with Crippen molar-refractivity contribution in [2.24, 2.45) is 5.92 Å². The van der Waals surface area contributed by atoms with Crippen molar-refractivity contribution in [3.63, 3.8) is 0 Å². The molecule has 1 aliphatic rings. The quantitative estimate of drug-likeness (QED) is 0.700. The van der Waals surface area contributed by atoms with E-state index in [-0.39, 0.29) is 17.7 Å². The van der Waals surface area contributed by atoms with Crippen LogP contribution in [0.25, 0.3) is 0 Å². The molecule has 1 fully saturated rings. The SMILES string of the molecule is O=C(C[NH+]1CCC(C(=O)Nc2ccccc2)CC1)Nc1ccc(Br)cc1. The van der Waals surface area contributed by atoms with Crippen molar-refractivity contribution in [1.29, 1.82) is 0 Å². The zero-order valence-electron chi connectivity index (χ0n) is 14.5. The third kappa shape index (κ3) is 5.41. The van der Waals surface area contributed by atoms with E-state index in [0.717, 1.165) is 41.8 Å². The minimum Gasteiger partial charge on any atom is -0.327 e. The molecule has 0 aromatic heterocycles. The molecular formula is C20H23BrN3O2+. The summed E-state index contributed by atoms with van der Waals surface area (Å²) >= 11 is 3.38. The number of hydrogen-bond acceptors (Lipinski definition) is 2. The summed E-state index contributed by atoms with van der Waals surface area (Å²) in [5, 5.41) is 5.90. The van der Waals surface area contributed by atoms with Gasteiger partial charge >= 0.3 is 0 Å². The highest BCUT2D eigenvalue weighted by molar-refractivity contribution is 9.10. The van der Waals surface area contributed by atoms with E-state index in [1.807, 2.05) is 54.6 Å². The van der Waals surface area contributed by atoms with Gasteiger partial charge < -0.3 is 15.5 Å². The van der Waals surface area contributed by atoms with Crippen LogP contribution in [0.4, 0.5) is 11.4 Å². The Labute approximate surface area is 161 Å². The molecule has 5 nitrogen and oxygen atoms in total. The second-order valence-corrected chi connectivity index (χ2v) is 7.53. The number of para-hydroxylation sites is 1. The summed E-state index contributed by atoms with van der Waals surface area (Å²) in [5.74, 6) is 0.109. The molecule has 0 saturated carbocycles. The van der Waals surface area contributed by atoms with Gasteiger partial charge in [0.1, 0.15) is 0 Å². The average Bonchev–Trinajstić information content (AvgIpc) is 2.65. The van der Waals surface area contributed by atoms with Gasteiger partial charge in [0, 0.05) is 34.6 Å². The van der Waals surface area contributed by atoms with Crippen molar-refractivity contribution in [2.75, 3.05) is 30.3 Å². The van der Waals surface area contributed by atoms with Crippen molar-refractivity contribution in [3.05, 3.63) is 59.1 Å². The molecule has 1 heterocycles. The lowest BCUT2D eigenvalue weighted by Gasteiger charge is -2.28. The van der Waals surface area contributed by atoms with Crippen molar-refractivity contribution in [2.45, 2.75) is 12.8 Å². The Morgan fingerprint density at radius 2 is 1.54 bits per heavy atom. The molecule has 0 atom stereocenters. The Hall–Kier alpha value is -2.18. The summed E-state index contributed by atoms with van der Waals surface area (Å²) in [6, 6.07) is 17.1. The first-order chi connectivity index (χ1) is 12.6. The van der Waals surface area contributed by atoms with Gasteiger partial charge in [-0.25, -0.2) is 0 Å². The van der Waals surface area contributed by atoms with Crippen LogP contribution in [0.1, 0.15) is 12.8 Å². The lowest BCUT2D eigenvalue weighted by Crippen LogP contribution is -3.14. The molecule has 0 aliphatic carbocycles. The normalized spacial score (nSPS) is 19.6. The number of likely N-dealkylation sites (tertiary alicyclic amines) is 1. The van der Waals surface area contributed by atoms with Crippen molar-refractivity contribution < 1.29 is 14.5 Å². The summed E-state index contributed by atoms with van der Waals surface area (Å²) in [6.07, 6.45) is 1.61. The minimum atomic E-state index is 0.00881. The van der Waals surface area contributed by atoms with Crippen molar-refractivity contribution in [3.8, 4) is 0 Å². The van der Waals surface area contributed by atoms with Gasteiger partial charge in [-0.1, -0.05) is 34.1 Å². The van der Waals surface area contributed by atoms with Gasteiger partial charge in [0.2, 0.25) is 5.91 Å². The maximum absolute atomic E-state index is 12.4. The van der Waals surface area contributed by atoms with E-state index in [9.17, 15) is 9.59 Å². The molecule has 136 valence electrons. The maximum Gasteiger partial charge on any atom is 0.279 e. The number of halogens is 1. The maximum atomic E-state index is 12.4. The predicted molar refractivity (Wildman–Crippen MR) is 106 cm³/mol. The molecular weight excluding hydrogens is 394 g/mol. The Morgan fingerprint density at radius 1 is 0.923 bits per heavy atom. The van der Waals surface area contributed by atoms with Crippen molar-refractivity contribution >= 4 is 39.1 Å². The molecule has 3 N–H and O–H groups in total. The Balaban J connectivity index is 1.42. The summed E-state index contributed by atoms with van der Waals surface area (Å²) in [6.45, 7) is 2.10. The summed E-state index contributed by atoms with van der Waals surface area (Å²) in [4.78, 5) is 25.8. The number of carbonyl (C=O) groups excluding carboxylic acids is 2. The molecule has 0 spiro atoms. The fraction of sp³-hybridized carbons (Fsp3) is 0.300. The number of amides is 2. The molecule has 2 amide bonds. The number of benzene rings is 2. The Morgan fingerprint density at radius 3 is 2.19 bits per heavy atom. The second-order valence-electron chi connectivity index (χ2n) is 6.61. The van der Waals surface area contributed by atoms with Gasteiger partial charge in [0.05, 0.1) is 13.1 Å². The monoisotopic (exact) mass is 416 g/mol. The van der Waals surface area contributed by atoms with Crippen LogP contribution < -0.4 is 15.5 Å². The molecule has 1 saturated heterocycles. The van der Waals surface area contributed by atoms with E-state index in [0.29, 0.717) is 6.54 Å². The fourth-order valence-corrected chi connectivity index (χ4v) is 3.46. The highest BCUT2D eigenvalue weighted by Crippen LogP contribution is 2.15. The number of quaternary nitrogens is 1. The Kier molecular flexibility index (Phi) is 6.41. The van der Waals surface area contributed by atoms with Crippen LogP contribution in [-0.2, 0) is 9.59 Å². The smallest absolute Gasteiger partial charge is 0.279 e. The number of hydrogen-bond donors (Lipinski definition) is 3. The van der Waals surface area contributed by atoms with E-state index >= 15 is 0 Å². The summed E-state index contributed by atoms with van der Waals surface area (Å²) in [7, 11) is 0. The predicted octanol–water partition coefficient (Wildman–Crippen LogP) is 2.32. The molecule has 0 unspecified atom stereocenters. The van der Waals surface area contributed by atoms with Crippen LogP contribution in [0.5, 0.6) is 0 Å². The van der Waals surface area contributed by atoms with E-state index in [1.54, 1.807) is 0 Å². The van der Waals surface area contributed by atoms with E-state index < -0.39 is 0 Å². The van der Waals surface area contributed by atoms with Gasteiger partial charge in [-0.2, -0.15) is 0 Å².